The lowest BCUT2D eigenvalue weighted by molar-refractivity contribution is 0.0636. The van der Waals surface area contributed by atoms with Crippen LogP contribution in [0.1, 0.15) is 31.1 Å². The standard InChI is InChI=1S/C14H15NO4S2/c1-14(2,3)19-13(18)15-11-10(12(16)17)8(7-21-11)9-5-4-6-20-9/h4-7H,1-3H3,(H,15,18)(H,16,17). The summed E-state index contributed by atoms with van der Waals surface area (Å²) < 4.78 is 5.14. The molecule has 2 aromatic heterocycles. The van der Waals surface area contributed by atoms with Gasteiger partial charge in [0.1, 0.15) is 16.2 Å². The summed E-state index contributed by atoms with van der Waals surface area (Å²) in [6.07, 6.45) is -0.662. The predicted molar refractivity (Wildman–Crippen MR) is 84.4 cm³/mol. The van der Waals surface area contributed by atoms with Gasteiger partial charge in [-0.3, -0.25) is 5.32 Å². The minimum atomic E-state index is -1.08. The van der Waals surface area contributed by atoms with E-state index in [1.54, 1.807) is 26.2 Å². The Morgan fingerprint density at radius 2 is 2.00 bits per heavy atom. The molecule has 5 nitrogen and oxygen atoms in total. The molecule has 2 heterocycles. The number of nitrogens with one attached hydrogen (secondary N) is 1. The molecule has 2 N–H and O–H groups in total. The molecule has 0 saturated carbocycles. The van der Waals surface area contributed by atoms with Crippen LogP contribution in [0.15, 0.2) is 22.9 Å². The Hall–Kier alpha value is -1.86. The zero-order valence-corrected chi connectivity index (χ0v) is 13.4. The van der Waals surface area contributed by atoms with Crippen molar-refractivity contribution in [3.63, 3.8) is 0 Å². The molecule has 0 atom stereocenters. The number of carbonyl (C=O) groups excluding carboxylic acids is 1. The summed E-state index contributed by atoms with van der Waals surface area (Å²) in [6, 6.07) is 3.70. The van der Waals surface area contributed by atoms with E-state index < -0.39 is 17.7 Å². The fourth-order valence-corrected chi connectivity index (χ4v) is 3.43. The molecule has 0 aliphatic heterocycles. The summed E-state index contributed by atoms with van der Waals surface area (Å²) in [6.45, 7) is 5.24. The van der Waals surface area contributed by atoms with Crippen LogP contribution >= 0.6 is 22.7 Å². The molecule has 7 heteroatoms. The van der Waals surface area contributed by atoms with Gasteiger partial charge in [-0.2, -0.15) is 0 Å². The van der Waals surface area contributed by atoms with Crippen LogP contribution in [0, 0.1) is 0 Å². The van der Waals surface area contributed by atoms with E-state index in [0.29, 0.717) is 5.56 Å². The van der Waals surface area contributed by atoms with Gasteiger partial charge in [0.2, 0.25) is 0 Å². The highest BCUT2D eigenvalue weighted by Crippen LogP contribution is 2.37. The molecular formula is C14H15NO4S2. The van der Waals surface area contributed by atoms with Crippen molar-refractivity contribution in [2.75, 3.05) is 5.32 Å². The minimum Gasteiger partial charge on any atom is -0.478 e. The first-order valence-electron chi connectivity index (χ1n) is 6.16. The van der Waals surface area contributed by atoms with Crippen LogP contribution in [-0.2, 0) is 4.74 Å². The third-order valence-corrected chi connectivity index (χ3v) is 4.20. The highest BCUT2D eigenvalue weighted by Gasteiger charge is 2.23. The van der Waals surface area contributed by atoms with Gasteiger partial charge in [0.15, 0.2) is 0 Å². The number of amides is 1. The average Bonchev–Trinajstić information content (AvgIpc) is 2.93. The Labute approximate surface area is 130 Å². The number of aromatic carboxylic acids is 1. The third kappa shape index (κ3) is 3.83. The first-order valence-corrected chi connectivity index (χ1v) is 7.92. The molecule has 0 aliphatic rings. The Morgan fingerprint density at radius 1 is 1.29 bits per heavy atom. The van der Waals surface area contributed by atoms with Crippen molar-refractivity contribution in [3.8, 4) is 10.4 Å². The normalized spacial score (nSPS) is 11.2. The third-order valence-electron chi connectivity index (χ3n) is 2.41. The Kier molecular flexibility index (Phi) is 4.34. The van der Waals surface area contributed by atoms with Gasteiger partial charge in [-0.25, -0.2) is 9.59 Å². The van der Waals surface area contributed by atoms with Crippen molar-refractivity contribution in [2.45, 2.75) is 26.4 Å². The van der Waals surface area contributed by atoms with Crippen LogP contribution in [-0.4, -0.2) is 22.8 Å². The van der Waals surface area contributed by atoms with Gasteiger partial charge in [0, 0.05) is 15.8 Å². The number of anilines is 1. The molecule has 0 fully saturated rings. The van der Waals surface area contributed by atoms with Crippen LogP contribution in [0.25, 0.3) is 10.4 Å². The van der Waals surface area contributed by atoms with Crippen molar-refractivity contribution < 1.29 is 19.4 Å². The zero-order chi connectivity index (χ0) is 15.6. The second kappa shape index (κ2) is 5.87. The second-order valence-electron chi connectivity index (χ2n) is 5.26. The van der Waals surface area contributed by atoms with Crippen LogP contribution in [0.5, 0.6) is 0 Å². The molecule has 0 spiro atoms. The van der Waals surface area contributed by atoms with Gasteiger partial charge in [-0.1, -0.05) is 6.07 Å². The minimum absolute atomic E-state index is 0.0910. The molecular weight excluding hydrogens is 310 g/mol. The smallest absolute Gasteiger partial charge is 0.412 e. The Morgan fingerprint density at radius 3 is 2.52 bits per heavy atom. The van der Waals surface area contributed by atoms with Gasteiger partial charge >= 0.3 is 12.1 Å². The van der Waals surface area contributed by atoms with Crippen molar-refractivity contribution in [1.29, 1.82) is 0 Å². The number of rotatable bonds is 3. The largest absolute Gasteiger partial charge is 0.478 e. The lowest BCUT2D eigenvalue weighted by Gasteiger charge is -2.19. The van der Waals surface area contributed by atoms with E-state index in [-0.39, 0.29) is 10.6 Å². The zero-order valence-electron chi connectivity index (χ0n) is 11.8. The SMILES string of the molecule is CC(C)(C)OC(=O)Nc1scc(-c2cccs2)c1C(=O)O. The summed E-state index contributed by atoms with van der Waals surface area (Å²) in [4.78, 5) is 24.1. The summed E-state index contributed by atoms with van der Waals surface area (Å²) in [7, 11) is 0. The molecule has 0 aromatic carbocycles. The summed E-state index contributed by atoms with van der Waals surface area (Å²) in [5.41, 5.74) is 0.0586. The molecule has 112 valence electrons. The number of carboxylic acid groups (broad SMARTS) is 1. The predicted octanol–water partition coefficient (Wildman–Crippen LogP) is 4.52. The lowest BCUT2D eigenvalue weighted by atomic mass is 10.1. The highest BCUT2D eigenvalue weighted by molar-refractivity contribution is 7.17. The van der Waals surface area contributed by atoms with Gasteiger partial charge < -0.3 is 9.84 Å². The number of hydrogen-bond donors (Lipinski definition) is 2. The van der Waals surface area contributed by atoms with E-state index >= 15 is 0 Å². The van der Waals surface area contributed by atoms with Gasteiger partial charge in [0.25, 0.3) is 0 Å². The monoisotopic (exact) mass is 325 g/mol. The maximum atomic E-state index is 11.8. The number of thiophene rings is 2. The molecule has 0 bridgehead atoms. The first kappa shape index (κ1) is 15.5. The summed E-state index contributed by atoms with van der Waals surface area (Å²) in [5.74, 6) is -1.08. The number of ether oxygens (including phenoxy) is 1. The molecule has 0 aliphatic carbocycles. The van der Waals surface area contributed by atoms with E-state index in [2.05, 4.69) is 5.32 Å². The lowest BCUT2D eigenvalue weighted by Crippen LogP contribution is -2.27. The van der Waals surface area contributed by atoms with E-state index in [1.165, 1.54) is 22.7 Å². The van der Waals surface area contributed by atoms with Gasteiger partial charge in [0.05, 0.1) is 0 Å². The van der Waals surface area contributed by atoms with Gasteiger partial charge in [-0.15, -0.1) is 22.7 Å². The maximum Gasteiger partial charge on any atom is 0.412 e. The fourth-order valence-electron chi connectivity index (χ4n) is 1.67. The quantitative estimate of drug-likeness (QED) is 0.870. The fraction of sp³-hybridized carbons (Fsp3) is 0.286. The van der Waals surface area contributed by atoms with Crippen LogP contribution in [0.3, 0.4) is 0 Å². The number of carbonyl (C=O) groups is 2. The Bertz CT molecular complexity index is 653. The van der Waals surface area contributed by atoms with E-state index in [9.17, 15) is 14.7 Å². The second-order valence-corrected chi connectivity index (χ2v) is 7.09. The number of carboxylic acids is 1. The van der Waals surface area contributed by atoms with Crippen LogP contribution in [0.2, 0.25) is 0 Å². The van der Waals surface area contributed by atoms with E-state index in [4.69, 9.17) is 4.74 Å². The van der Waals surface area contributed by atoms with Crippen molar-refractivity contribution in [2.24, 2.45) is 0 Å². The topological polar surface area (TPSA) is 75.6 Å². The van der Waals surface area contributed by atoms with E-state index in [0.717, 1.165) is 4.88 Å². The molecule has 0 saturated heterocycles. The van der Waals surface area contributed by atoms with E-state index in [1.807, 2.05) is 17.5 Å². The van der Waals surface area contributed by atoms with Crippen molar-refractivity contribution in [3.05, 3.63) is 28.5 Å². The first-order chi connectivity index (χ1) is 9.78. The highest BCUT2D eigenvalue weighted by atomic mass is 32.1. The molecule has 0 unspecified atom stereocenters. The average molecular weight is 325 g/mol. The van der Waals surface area contributed by atoms with Crippen LogP contribution in [0.4, 0.5) is 9.80 Å². The van der Waals surface area contributed by atoms with Crippen molar-refractivity contribution >= 4 is 39.7 Å². The summed E-state index contributed by atoms with van der Waals surface area (Å²) in [5, 5.41) is 15.8. The molecule has 1 amide bonds. The molecule has 0 radical (unpaired) electrons. The van der Waals surface area contributed by atoms with Crippen molar-refractivity contribution in [1.82, 2.24) is 0 Å². The Balaban J connectivity index is 2.29. The molecule has 21 heavy (non-hydrogen) atoms. The molecule has 2 aromatic rings. The summed E-state index contributed by atoms with van der Waals surface area (Å²) >= 11 is 2.62. The maximum absolute atomic E-state index is 11.8. The van der Waals surface area contributed by atoms with Crippen LogP contribution < -0.4 is 5.32 Å². The molecule has 2 rings (SSSR count). The number of hydrogen-bond acceptors (Lipinski definition) is 5. The van der Waals surface area contributed by atoms with Gasteiger partial charge in [-0.05, 0) is 32.2 Å².